The highest BCUT2D eigenvalue weighted by Crippen LogP contribution is 2.23. The molecule has 6 rings (SSSR count). The average Bonchev–Trinajstić information content (AvgIpc) is 3.33. The van der Waals surface area contributed by atoms with Crippen LogP contribution in [-0.4, -0.2) is 49.5 Å². The van der Waals surface area contributed by atoms with Crippen LogP contribution in [-0.2, 0) is 48.2 Å². The Morgan fingerprint density at radius 1 is 0.561 bits per heavy atom. The van der Waals surface area contributed by atoms with Crippen LogP contribution < -0.4 is 9.47 Å². The first-order chi connectivity index (χ1) is 31.6. The van der Waals surface area contributed by atoms with Crippen LogP contribution in [0.4, 0.5) is 0 Å². The monoisotopic (exact) mass is 1020 g/mol. The summed E-state index contributed by atoms with van der Waals surface area (Å²) in [6, 6.07) is 42.3. The molecule has 0 spiro atoms. The Kier molecular flexibility index (Phi) is 26.3. The lowest BCUT2D eigenvalue weighted by atomic mass is 10.0. The van der Waals surface area contributed by atoms with E-state index >= 15 is 0 Å². The molecule has 0 aliphatic rings. The molecule has 0 heterocycles. The third kappa shape index (κ3) is 22.8. The maximum Gasteiger partial charge on any atom is 0.330 e. The number of phenols is 2. The van der Waals surface area contributed by atoms with Crippen LogP contribution in [0.25, 0.3) is 6.08 Å². The van der Waals surface area contributed by atoms with E-state index in [0.29, 0.717) is 31.8 Å². The van der Waals surface area contributed by atoms with Gasteiger partial charge in [0.25, 0.3) is 0 Å². The Balaban J connectivity index is 0.000000299. The Hall–Kier alpha value is -6.63. The van der Waals surface area contributed by atoms with Crippen LogP contribution in [0.2, 0.25) is 0 Å². The second-order valence-corrected chi connectivity index (χ2v) is 15.9. The summed E-state index contributed by atoms with van der Waals surface area (Å²) in [5.74, 6) is 1.32. The molecule has 0 saturated heterocycles. The van der Waals surface area contributed by atoms with Gasteiger partial charge in [-0.25, -0.2) is 9.59 Å². The molecule has 66 heavy (non-hydrogen) atoms. The molecule has 0 unspecified atom stereocenters. The molecule has 10 nitrogen and oxygen atoms in total. The molecule has 2 N–H and O–H groups in total. The molecule has 0 amide bonds. The summed E-state index contributed by atoms with van der Waals surface area (Å²) in [5, 5.41) is 18.1. The fourth-order valence-corrected chi connectivity index (χ4v) is 5.84. The van der Waals surface area contributed by atoms with E-state index in [1.165, 1.54) is 38.5 Å². The number of phenolic OH excluding ortho intramolecular Hbond substituents is 2. The van der Waals surface area contributed by atoms with Crippen molar-refractivity contribution in [3.63, 3.8) is 0 Å². The van der Waals surface area contributed by atoms with Gasteiger partial charge in [-0.1, -0.05) is 111 Å². The molecule has 0 fully saturated rings. The van der Waals surface area contributed by atoms with E-state index in [9.17, 15) is 14.4 Å². The summed E-state index contributed by atoms with van der Waals surface area (Å²) in [6.45, 7) is 12.2. The predicted octanol–water partition coefficient (Wildman–Crippen LogP) is 12.7. The number of esters is 3. The fourth-order valence-electron chi connectivity index (χ4n) is 5.35. The Morgan fingerprint density at radius 2 is 1.03 bits per heavy atom. The highest BCUT2D eigenvalue weighted by atomic mass is 79.9. The van der Waals surface area contributed by atoms with Gasteiger partial charge in [-0.3, -0.25) is 4.79 Å². The van der Waals surface area contributed by atoms with Crippen molar-refractivity contribution in [2.24, 2.45) is 0 Å². The van der Waals surface area contributed by atoms with Gasteiger partial charge in [-0.05, 0) is 145 Å². The highest BCUT2D eigenvalue weighted by Gasteiger charge is 2.05. The van der Waals surface area contributed by atoms with Crippen LogP contribution in [0.3, 0.4) is 0 Å². The lowest BCUT2D eigenvalue weighted by molar-refractivity contribution is -0.140. The molecule has 0 aliphatic heterocycles. The Labute approximate surface area is 405 Å². The van der Waals surface area contributed by atoms with Gasteiger partial charge in [-0.15, -0.1) is 0 Å². The summed E-state index contributed by atoms with van der Waals surface area (Å²) in [4.78, 5) is 31.8. The minimum absolute atomic E-state index is 0.211. The standard InChI is InChI=1S/C18H18O3.C14H13BrO.C11H14O3.C7H7BrO.C4H6O2/c1-14-12-17(21-13-15-6-4-3-5-7-15)10-8-16(14)9-11-18(19)20-2;1-11-9-13(7-8-14(11)15)16-10-12-5-3-2-4-6-12;1-8-7-10(12)5-3-9(8)4-6-11(13)14-2;1-5-4-6(9)2-3-7(5)8;1-3-4(5)6-2/h3-12H,13H2,1-2H3;2-9H,10H2,1H3;3,5,7,12H,4,6H2,1-2H3;2-4,9H,1H3;3H,1H2,2H3/b11-9+;;;;. The molecule has 6 aromatic rings. The van der Waals surface area contributed by atoms with E-state index in [-0.39, 0.29) is 17.7 Å². The summed E-state index contributed by atoms with van der Waals surface area (Å²) in [6.07, 6.45) is 5.29. The smallest absolute Gasteiger partial charge is 0.330 e. The zero-order valence-corrected chi connectivity index (χ0v) is 41.6. The van der Waals surface area contributed by atoms with E-state index in [0.717, 1.165) is 59.9 Å². The van der Waals surface area contributed by atoms with Crippen molar-refractivity contribution in [2.45, 2.75) is 53.8 Å². The van der Waals surface area contributed by atoms with Crippen LogP contribution in [0.1, 0.15) is 50.9 Å². The number of ether oxygens (including phenoxy) is 5. The zero-order chi connectivity index (χ0) is 48.9. The van der Waals surface area contributed by atoms with Gasteiger partial charge in [-0.2, -0.15) is 0 Å². The van der Waals surface area contributed by atoms with E-state index in [1.807, 2.05) is 118 Å². The van der Waals surface area contributed by atoms with Crippen LogP contribution in [0.15, 0.2) is 161 Å². The number of benzene rings is 6. The number of aryl methyl sites for hydroxylation is 5. The van der Waals surface area contributed by atoms with E-state index in [1.54, 1.807) is 30.3 Å². The van der Waals surface area contributed by atoms with Gasteiger partial charge in [0, 0.05) is 27.5 Å². The van der Waals surface area contributed by atoms with E-state index in [4.69, 9.17) is 19.7 Å². The second-order valence-electron chi connectivity index (χ2n) is 14.2. The molecule has 0 atom stereocenters. The first kappa shape index (κ1) is 55.5. The SMILES string of the molecule is C=CC(=O)OC.COC(=O)/C=C/c1ccc(OCc2ccccc2)cc1C.COC(=O)CCc1ccc(O)cc1C.Cc1cc(O)ccc1Br.Cc1cc(OCc2ccccc2)ccc1Br. The molecule has 0 aliphatic carbocycles. The summed E-state index contributed by atoms with van der Waals surface area (Å²) in [5.41, 5.74) is 8.61. The number of hydrogen-bond donors (Lipinski definition) is 2. The first-order valence-electron chi connectivity index (χ1n) is 20.6. The van der Waals surface area contributed by atoms with E-state index < -0.39 is 5.97 Å². The van der Waals surface area contributed by atoms with Crippen molar-refractivity contribution in [1.82, 2.24) is 0 Å². The Bertz CT molecular complexity index is 2450. The minimum Gasteiger partial charge on any atom is -0.508 e. The predicted molar refractivity (Wildman–Crippen MR) is 269 cm³/mol. The topological polar surface area (TPSA) is 138 Å². The molecule has 0 aromatic heterocycles. The van der Waals surface area contributed by atoms with Gasteiger partial charge in [0.1, 0.15) is 36.2 Å². The highest BCUT2D eigenvalue weighted by molar-refractivity contribution is 9.10. The number of rotatable bonds is 12. The molecular weight excluding hydrogens is 968 g/mol. The van der Waals surface area contributed by atoms with Crippen molar-refractivity contribution >= 4 is 55.8 Å². The number of aromatic hydroxyl groups is 2. The third-order valence-electron chi connectivity index (χ3n) is 9.13. The van der Waals surface area contributed by atoms with Crippen molar-refractivity contribution in [2.75, 3.05) is 21.3 Å². The minimum atomic E-state index is -0.394. The average molecular weight is 1030 g/mol. The maximum absolute atomic E-state index is 11.1. The van der Waals surface area contributed by atoms with Gasteiger partial charge in [0.2, 0.25) is 0 Å². The number of carbonyl (C=O) groups excluding carboxylic acids is 3. The lowest BCUT2D eigenvalue weighted by Gasteiger charge is -2.08. The number of hydrogen-bond acceptors (Lipinski definition) is 10. The van der Waals surface area contributed by atoms with Gasteiger partial charge in [0.15, 0.2) is 0 Å². The number of halogens is 2. The van der Waals surface area contributed by atoms with Gasteiger partial charge < -0.3 is 33.9 Å². The molecule has 0 radical (unpaired) electrons. The van der Waals surface area contributed by atoms with Crippen LogP contribution in [0.5, 0.6) is 23.0 Å². The molecule has 0 saturated carbocycles. The van der Waals surface area contributed by atoms with Crippen LogP contribution >= 0.6 is 31.9 Å². The summed E-state index contributed by atoms with van der Waals surface area (Å²) >= 11 is 6.79. The fraction of sp³-hybridized carbons (Fsp3) is 0.204. The summed E-state index contributed by atoms with van der Waals surface area (Å²) in [7, 11) is 4.05. The normalized spacial score (nSPS) is 9.83. The molecule has 0 bridgehead atoms. The van der Waals surface area contributed by atoms with Crippen LogP contribution in [0, 0.1) is 27.7 Å². The molecule has 6 aromatic carbocycles. The summed E-state index contributed by atoms with van der Waals surface area (Å²) < 4.78 is 26.9. The quantitative estimate of drug-likeness (QED) is 0.0692. The number of methoxy groups -OCH3 is 3. The van der Waals surface area contributed by atoms with Crippen molar-refractivity contribution in [3.8, 4) is 23.0 Å². The van der Waals surface area contributed by atoms with Crippen molar-refractivity contribution in [3.05, 3.63) is 206 Å². The molecular formula is C54H58Br2O10. The second kappa shape index (κ2) is 31.3. The molecule has 348 valence electrons. The van der Waals surface area contributed by atoms with Gasteiger partial charge >= 0.3 is 17.9 Å². The number of carbonyl (C=O) groups is 3. The maximum atomic E-state index is 11.1. The molecule has 12 heteroatoms. The van der Waals surface area contributed by atoms with E-state index in [2.05, 4.69) is 71.7 Å². The first-order valence-corrected chi connectivity index (χ1v) is 22.1. The largest absolute Gasteiger partial charge is 0.508 e. The lowest BCUT2D eigenvalue weighted by Crippen LogP contribution is -2.02. The van der Waals surface area contributed by atoms with Crippen molar-refractivity contribution in [1.29, 1.82) is 0 Å². The van der Waals surface area contributed by atoms with Gasteiger partial charge in [0.05, 0.1) is 21.3 Å². The van der Waals surface area contributed by atoms with Crippen molar-refractivity contribution < 1.29 is 48.3 Å². The zero-order valence-electron chi connectivity index (χ0n) is 38.4. The third-order valence-corrected chi connectivity index (χ3v) is 10.9. The Morgan fingerprint density at radius 3 is 1.45 bits per heavy atom.